The minimum atomic E-state index is -4.35. The molecule has 90 heavy (non-hydrogen) atoms. The Balaban J connectivity index is 1.25. The molecule has 0 spiro atoms. The first kappa shape index (κ1) is 70.9. The number of hydrogen-bond acceptors (Lipinski definition) is 23. The molecule has 2 amide bonds. The second-order valence-electron chi connectivity index (χ2n) is 19.9. The van der Waals surface area contributed by atoms with Gasteiger partial charge in [-0.3, -0.25) is 13.7 Å². The zero-order chi connectivity index (χ0) is 65.3. The van der Waals surface area contributed by atoms with Crippen LogP contribution in [0.4, 0.5) is 61.7 Å². The predicted octanol–water partition coefficient (Wildman–Crippen LogP) is 15.7. The average Bonchev–Trinajstić information content (AvgIpc) is 1.06. The molecule has 0 atom stereocenters. The fourth-order valence-electron chi connectivity index (χ4n) is 8.10. The van der Waals surface area contributed by atoms with E-state index in [1.807, 2.05) is 39.0 Å². The van der Waals surface area contributed by atoms with Crippen LogP contribution in [-0.2, 0) is 30.4 Å². The van der Waals surface area contributed by atoms with Crippen LogP contribution in [-0.4, -0.2) is 112 Å². The van der Waals surface area contributed by atoms with Gasteiger partial charge in [-0.2, -0.15) is 55.9 Å². The molecule has 0 radical (unpaired) electrons. The maximum absolute atomic E-state index is 14.2. The molecule has 6 rings (SSSR count). The minimum absolute atomic E-state index is 0.000478. The molecular formula is C59H72N10O17S4. The number of aryl methyl sites for hydroxylation is 4. The Kier molecular flexibility index (Phi) is 27.3. The van der Waals surface area contributed by atoms with Crippen molar-refractivity contribution in [3.05, 3.63) is 119 Å². The van der Waals surface area contributed by atoms with Crippen LogP contribution in [0.25, 0.3) is 0 Å². The van der Waals surface area contributed by atoms with Crippen molar-refractivity contribution in [2.75, 3.05) is 73.3 Å². The monoisotopic (exact) mass is 1320 g/mol. The van der Waals surface area contributed by atoms with Gasteiger partial charge in [0.1, 0.15) is 45.9 Å². The summed E-state index contributed by atoms with van der Waals surface area (Å²) in [6, 6.07) is 26.1. The number of hydrogen-bond donors (Lipinski definition) is 6. The van der Waals surface area contributed by atoms with Crippen LogP contribution in [0, 0.1) is 27.7 Å². The molecule has 6 aromatic carbocycles. The van der Waals surface area contributed by atoms with E-state index in [1.165, 1.54) is 24.3 Å². The van der Waals surface area contributed by atoms with E-state index in [-0.39, 0.29) is 104 Å². The van der Waals surface area contributed by atoms with Crippen LogP contribution in [0.3, 0.4) is 0 Å². The van der Waals surface area contributed by atoms with Crippen LogP contribution < -0.4 is 39.1 Å². The first-order valence-electron chi connectivity index (χ1n) is 28.3. The zero-order valence-corrected chi connectivity index (χ0v) is 53.6. The van der Waals surface area contributed by atoms with E-state index >= 15 is 0 Å². The minimum Gasteiger partial charge on any atom is -0.494 e. The summed E-state index contributed by atoms with van der Waals surface area (Å²) in [7, 11) is -12.8. The van der Waals surface area contributed by atoms with E-state index in [4.69, 9.17) is 37.5 Å². The van der Waals surface area contributed by atoms with Crippen molar-refractivity contribution in [3.8, 4) is 34.5 Å². The number of nitrogens with one attached hydrogen (secondary N) is 2. The van der Waals surface area contributed by atoms with Gasteiger partial charge in [-0.1, -0.05) is 12.1 Å². The lowest BCUT2D eigenvalue weighted by atomic mass is 10.1. The zero-order valence-electron chi connectivity index (χ0n) is 50.4. The van der Waals surface area contributed by atoms with Crippen LogP contribution in [0.2, 0.25) is 0 Å². The van der Waals surface area contributed by atoms with Crippen LogP contribution in [0.5, 0.6) is 34.5 Å². The molecule has 0 aromatic heterocycles. The fourth-order valence-corrected chi connectivity index (χ4v) is 9.97. The van der Waals surface area contributed by atoms with Gasteiger partial charge in [-0.05, 0) is 163 Å². The summed E-state index contributed by atoms with van der Waals surface area (Å²) < 4.78 is 141. The van der Waals surface area contributed by atoms with E-state index in [1.54, 1.807) is 75.4 Å². The molecule has 31 heteroatoms. The standard InChI is InChI=1S/C59H72N10O17S4/c1-7-81-57-35-51(55(85-23-15-27-89(75,76)77)37-53(57)68-66-49-31-39(3)47(29-41(49)5)64-62-43-17-13-19-45(33-43)83-21-9-11-25-87-71)60-59(70)61-52-36-58(82-8-2)54(38-56(52)86-24-16-28-90(78,79)80)69-67-50-32-40(4)48(30-42(50)6)65-63-44-18-14-20-46(34-44)84-22-10-12-26-88(72,73)74/h13-14,17-20,29-38,71H,7-12,15-16,21-28H2,1-6H3,(H2,60,61,70)(H,72,73,74)(H,75,76,77)(H,78,79,80)/b64-62?,65-63-,68-66?,69-67?. The Bertz CT molecular complexity index is 3910. The molecule has 0 fully saturated rings. The van der Waals surface area contributed by atoms with Crippen molar-refractivity contribution in [3.63, 3.8) is 0 Å². The Morgan fingerprint density at radius 1 is 0.422 bits per heavy atom. The van der Waals surface area contributed by atoms with Crippen molar-refractivity contribution >= 4 is 105 Å². The molecule has 0 saturated heterocycles. The van der Waals surface area contributed by atoms with E-state index in [0.29, 0.717) is 81.1 Å². The van der Waals surface area contributed by atoms with Crippen LogP contribution in [0.1, 0.15) is 74.6 Å². The second kappa shape index (κ2) is 34.7. The molecular weight excluding hydrogens is 1250 g/mol. The Labute approximate surface area is 527 Å². The molecule has 0 aliphatic heterocycles. The Morgan fingerprint density at radius 3 is 1.16 bits per heavy atom. The number of rotatable bonds is 36. The van der Waals surface area contributed by atoms with Crippen molar-refractivity contribution in [2.45, 2.75) is 80.1 Å². The number of amides is 2. The maximum atomic E-state index is 14.2. The third kappa shape index (κ3) is 24.7. The Hall–Kier alpha value is -8.17. The van der Waals surface area contributed by atoms with Gasteiger partial charge in [-0.25, -0.2) is 4.79 Å². The molecule has 0 unspecified atom stereocenters. The number of ether oxygens (including phenoxy) is 6. The van der Waals surface area contributed by atoms with Crippen molar-refractivity contribution in [1.82, 2.24) is 0 Å². The lowest BCUT2D eigenvalue weighted by Crippen LogP contribution is -2.21. The van der Waals surface area contributed by atoms with Crippen molar-refractivity contribution in [1.29, 1.82) is 0 Å². The van der Waals surface area contributed by atoms with Gasteiger partial charge in [0, 0.05) is 42.2 Å². The number of benzene rings is 6. The molecule has 0 bridgehead atoms. The normalized spacial score (nSPS) is 12.1. The van der Waals surface area contributed by atoms with Gasteiger partial charge in [0.25, 0.3) is 30.4 Å². The molecule has 6 N–H and O–H groups in total. The van der Waals surface area contributed by atoms with Gasteiger partial charge in [0.05, 0.1) is 102 Å². The van der Waals surface area contributed by atoms with Gasteiger partial charge < -0.3 is 43.6 Å². The number of anilines is 2. The number of nitrogens with zero attached hydrogens (tertiary/aromatic N) is 8. The first-order chi connectivity index (χ1) is 42.9. The van der Waals surface area contributed by atoms with E-state index in [2.05, 4.69) is 51.5 Å². The maximum Gasteiger partial charge on any atom is 0.323 e. The molecule has 0 heterocycles. The second-order valence-corrected chi connectivity index (χ2v) is 25.3. The highest BCUT2D eigenvalue weighted by Crippen LogP contribution is 2.43. The third-order valence-electron chi connectivity index (χ3n) is 12.5. The van der Waals surface area contributed by atoms with Crippen molar-refractivity contribution in [2.24, 2.45) is 40.9 Å². The highest BCUT2D eigenvalue weighted by atomic mass is 32.2. The van der Waals surface area contributed by atoms with Crippen LogP contribution in [0.15, 0.2) is 138 Å². The quantitative estimate of drug-likeness (QED) is 0.00921. The smallest absolute Gasteiger partial charge is 0.323 e. The third-order valence-corrected chi connectivity index (χ3v) is 15.4. The summed E-state index contributed by atoms with van der Waals surface area (Å²) in [5.41, 5.74) is 6.33. The SMILES string of the molecule is CCOc1cc(NC(=O)Nc2cc(OCC)c(N=Nc3cc(C)c(/N=N\c4cccc(OCCCCS(=O)(=O)O)c4)cc3C)cc2OCCCS(=O)(=O)O)c(OCCCS(=O)(=O)O)cc1N=Nc1cc(C)c(N=Nc2cccc(OCCCCSO)c2)cc1C. The van der Waals surface area contributed by atoms with Crippen molar-refractivity contribution < 1.29 is 76.7 Å². The lowest BCUT2D eigenvalue weighted by Gasteiger charge is -2.18. The summed E-state index contributed by atoms with van der Waals surface area (Å²) in [5.74, 6) is 0.510. The molecule has 484 valence electrons. The van der Waals surface area contributed by atoms with Gasteiger partial charge in [-0.15, -0.1) is 10.2 Å². The van der Waals surface area contributed by atoms with Crippen LogP contribution >= 0.6 is 12.0 Å². The first-order valence-corrected chi connectivity index (χ1v) is 34.1. The summed E-state index contributed by atoms with van der Waals surface area (Å²) in [4.78, 5) is 14.2. The van der Waals surface area contributed by atoms with E-state index in [9.17, 15) is 39.2 Å². The summed E-state index contributed by atoms with van der Waals surface area (Å²) >= 11 is 0.804. The van der Waals surface area contributed by atoms with E-state index in [0.717, 1.165) is 30.4 Å². The summed E-state index contributed by atoms with van der Waals surface area (Å²) in [5, 5.41) is 41.3. The largest absolute Gasteiger partial charge is 0.494 e. The number of urea groups is 1. The molecule has 0 aliphatic rings. The van der Waals surface area contributed by atoms with E-state index < -0.39 is 47.9 Å². The predicted molar refractivity (Wildman–Crippen MR) is 343 cm³/mol. The number of carbonyl (C=O) groups is 1. The number of carbonyl (C=O) groups excluding carboxylic acids is 1. The number of unbranched alkanes of at least 4 members (excludes halogenated alkanes) is 2. The Morgan fingerprint density at radius 2 is 0.778 bits per heavy atom. The number of azo groups is 4. The summed E-state index contributed by atoms with van der Waals surface area (Å²) in [6.45, 7) is 11.3. The average molecular weight is 1320 g/mol. The molecule has 0 saturated carbocycles. The molecule has 0 aliphatic carbocycles. The highest BCUT2D eigenvalue weighted by molar-refractivity contribution is 7.93. The lowest BCUT2D eigenvalue weighted by molar-refractivity contribution is 0.261. The van der Waals surface area contributed by atoms with Gasteiger partial charge >= 0.3 is 6.03 Å². The molecule has 27 nitrogen and oxygen atoms in total. The topological polar surface area (TPSA) is 379 Å². The van der Waals surface area contributed by atoms with Gasteiger partial charge in [0.15, 0.2) is 0 Å². The summed E-state index contributed by atoms with van der Waals surface area (Å²) in [6.07, 6.45) is 1.98. The van der Waals surface area contributed by atoms with Gasteiger partial charge in [0.2, 0.25) is 0 Å². The highest BCUT2D eigenvalue weighted by Gasteiger charge is 2.20. The fraction of sp³-hybridized carbons (Fsp3) is 0.373. The molecule has 6 aromatic rings.